The second-order valence-electron chi connectivity index (χ2n) is 6.10. The molecule has 2 aromatic rings. The highest BCUT2D eigenvalue weighted by atomic mass is 16.3. The van der Waals surface area contributed by atoms with E-state index in [4.69, 9.17) is 0 Å². The molecule has 0 amide bonds. The van der Waals surface area contributed by atoms with Gasteiger partial charge in [-0.15, -0.1) is 0 Å². The van der Waals surface area contributed by atoms with Gasteiger partial charge >= 0.3 is 0 Å². The molecule has 23 heavy (non-hydrogen) atoms. The molecule has 5 nitrogen and oxygen atoms in total. The zero-order valence-corrected chi connectivity index (χ0v) is 14.7. The average Bonchev–Trinajstić information content (AvgIpc) is 2.52. The fraction of sp³-hybridized carbons (Fsp3) is 0.444. The van der Waals surface area contributed by atoms with E-state index in [1.807, 2.05) is 0 Å². The maximum atomic E-state index is 12.6. The molecule has 1 aromatic carbocycles. The number of benzene rings is 1. The van der Waals surface area contributed by atoms with E-state index in [1.54, 1.807) is 18.4 Å². The number of rotatable bonds is 4. The van der Waals surface area contributed by atoms with E-state index in [9.17, 15) is 9.90 Å². The molecule has 1 heterocycles. The van der Waals surface area contributed by atoms with Crippen molar-refractivity contribution in [3.8, 4) is 0 Å². The zero-order chi connectivity index (χ0) is 17.3. The fourth-order valence-electron chi connectivity index (χ4n) is 2.74. The molecular weight excluding hydrogens is 290 g/mol. The van der Waals surface area contributed by atoms with Gasteiger partial charge in [0.1, 0.15) is 6.73 Å². The molecule has 0 fully saturated rings. The van der Waals surface area contributed by atoms with Gasteiger partial charge in [0.25, 0.3) is 5.56 Å². The second-order valence-corrected chi connectivity index (χ2v) is 6.10. The lowest BCUT2D eigenvalue weighted by atomic mass is 9.94. The molecule has 0 radical (unpaired) electrons. The van der Waals surface area contributed by atoms with Crippen molar-refractivity contribution >= 4 is 5.95 Å². The van der Waals surface area contributed by atoms with Crippen molar-refractivity contribution in [3.63, 3.8) is 0 Å². The van der Waals surface area contributed by atoms with Crippen LogP contribution in [0.15, 0.2) is 10.9 Å². The van der Waals surface area contributed by atoms with Crippen LogP contribution in [-0.4, -0.2) is 21.4 Å². The van der Waals surface area contributed by atoms with Crippen LogP contribution in [0.4, 0.5) is 5.95 Å². The summed E-state index contributed by atoms with van der Waals surface area (Å²) in [6.07, 6.45) is 0. The van der Waals surface area contributed by atoms with Crippen molar-refractivity contribution in [2.45, 2.75) is 48.1 Å². The molecule has 0 atom stereocenters. The van der Waals surface area contributed by atoms with Gasteiger partial charge in [-0.1, -0.05) is 6.07 Å². The number of aliphatic hydroxyl groups excluding tert-OH is 1. The van der Waals surface area contributed by atoms with Crippen LogP contribution in [0.3, 0.4) is 0 Å². The van der Waals surface area contributed by atoms with Gasteiger partial charge in [0.2, 0.25) is 5.95 Å². The Labute approximate surface area is 137 Å². The molecular formula is C18H25N3O2. The van der Waals surface area contributed by atoms with Crippen molar-refractivity contribution in [1.29, 1.82) is 0 Å². The summed E-state index contributed by atoms with van der Waals surface area (Å²) in [5.41, 5.74) is 7.26. The number of aliphatic hydroxyl groups is 1. The Balaban J connectivity index is 2.61. The zero-order valence-electron chi connectivity index (χ0n) is 14.7. The molecule has 0 aliphatic heterocycles. The summed E-state index contributed by atoms with van der Waals surface area (Å²) >= 11 is 0. The lowest BCUT2D eigenvalue weighted by Crippen LogP contribution is -2.29. The third-order valence-electron chi connectivity index (χ3n) is 4.79. The molecule has 2 N–H and O–H groups in total. The highest BCUT2D eigenvalue weighted by Crippen LogP contribution is 2.22. The van der Waals surface area contributed by atoms with Crippen LogP contribution in [0, 0.1) is 41.5 Å². The van der Waals surface area contributed by atoms with Crippen LogP contribution in [0.2, 0.25) is 0 Å². The minimum Gasteiger partial charge on any atom is -0.376 e. The topological polar surface area (TPSA) is 67.2 Å². The van der Waals surface area contributed by atoms with Gasteiger partial charge in [0.05, 0.1) is 6.54 Å². The maximum absolute atomic E-state index is 12.6. The lowest BCUT2D eigenvalue weighted by molar-refractivity contribution is 0.323. The third-order valence-corrected chi connectivity index (χ3v) is 4.79. The van der Waals surface area contributed by atoms with E-state index in [0.29, 0.717) is 23.8 Å². The van der Waals surface area contributed by atoms with Crippen LogP contribution in [0.25, 0.3) is 0 Å². The van der Waals surface area contributed by atoms with Gasteiger partial charge in [0.15, 0.2) is 0 Å². The van der Waals surface area contributed by atoms with Crippen molar-refractivity contribution < 1.29 is 5.11 Å². The van der Waals surface area contributed by atoms with Crippen molar-refractivity contribution in [2.75, 3.05) is 12.0 Å². The average molecular weight is 315 g/mol. The van der Waals surface area contributed by atoms with Gasteiger partial charge in [-0.3, -0.25) is 9.36 Å². The molecule has 0 saturated heterocycles. The highest BCUT2D eigenvalue weighted by Gasteiger charge is 2.14. The number of anilines is 1. The second kappa shape index (κ2) is 6.54. The SMILES string of the molecule is Cc1cc(Cn2c(NCO)nc(C)c(C)c2=O)c(C)c(C)c1C. The van der Waals surface area contributed by atoms with Crippen LogP contribution < -0.4 is 10.9 Å². The van der Waals surface area contributed by atoms with Gasteiger partial charge in [0, 0.05) is 11.3 Å². The molecule has 0 spiro atoms. The molecule has 0 aliphatic rings. The Kier molecular flexibility index (Phi) is 4.90. The van der Waals surface area contributed by atoms with E-state index < -0.39 is 0 Å². The standard InChI is InChI=1S/C18H25N3O2/c1-10-7-16(13(4)12(3)11(10)2)8-21-17(23)14(5)15(6)20-18(21)19-9-22/h7,22H,8-9H2,1-6H3,(H,19,20). The number of aromatic nitrogens is 2. The van der Waals surface area contributed by atoms with Crippen molar-refractivity contribution in [3.05, 3.63) is 55.5 Å². The monoisotopic (exact) mass is 315 g/mol. The summed E-state index contributed by atoms with van der Waals surface area (Å²) < 4.78 is 1.59. The lowest BCUT2D eigenvalue weighted by Gasteiger charge is -2.18. The van der Waals surface area contributed by atoms with Crippen LogP contribution in [0.5, 0.6) is 0 Å². The Bertz CT molecular complexity index is 807. The Hall–Kier alpha value is -2.14. The van der Waals surface area contributed by atoms with E-state index in [2.05, 4.69) is 44.1 Å². The quantitative estimate of drug-likeness (QED) is 0.851. The smallest absolute Gasteiger partial charge is 0.258 e. The predicted octanol–water partition coefficient (Wildman–Crippen LogP) is 2.50. The molecule has 2 rings (SSSR count). The van der Waals surface area contributed by atoms with Crippen molar-refractivity contribution in [1.82, 2.24) is 9.55 Å². The third kappa shape index (κ3) is 3.15. The van der Waals surface area contributed by atoms with Crippen LogP contribution in [0.1, 0.15) is 39.1 Å². The fourth-order valence-corrected chi connectivity index (χ4v) is 2.74. The van der Waals surface area contributed by atoms with Gasteiger partial charge in [-0.25, -0.2) is 4.98 Å². The Morgan fingerprint density at radius 3 is 2.30 bits per heavy atom. The number of nitrogens with zero attached hydrogens (tertiary/aromatic N) is 2. The first-order chi connectivity index (χ1) is 10.8. The number of nitrogens with one attached hydrogen (secondary N) is 1. The summed E-state index contributed by atoms with van der Waals surface area (Å²) in [5.74, 6) is 0.399. The van der Waals surface area contributed by atoms with Gasteiger partial charge in [-0.2, -0.15) is 0 Å². The molecule has 5 heteroatoms. The van der Waals surface area contributed by atoms with Gasteiger partial charge < -0.3 is 10.4 Å². The summed E-state index contributed by atoms with van der Waals surface area (Å²) in [6.45, 7) is 12.1. The largest absolute Gasteiger partial charge is 0.376 e. The Morgan fingerprint density at radius 1 is 1.04 bits per heavy atom. The number of hydrogen-bond donors (Lipinski definition) is 2. The molecule has 124 valence electrons. The number of hydrogen-bond acceptors (Lipinski definition) is 4. The van der Waals surface area contributed by atoms with E-state index in [1.165, 1.54) is 22.3 Å². The molecule has 0 unspecified atom stereocenters. The molecule has 0 saturated carbocycles. The minimum absolute atomic E-state index is 0.0799. The van der Waals surface area contributed by atoms with Crippen molar-refractivity contribution in [2.24, 2.45) is 0 Å². The molecule has 0 bridgehead atoms. The summed E-state index contributed by atoms with van der Waals surface area (Å²) in [6, 6.07) is 2.13. The normalized spacial score (nSPS) is 10.9. The molecule has 0 aliphatic carbocycles. The minimum atomic E-state index is -0.264. The summed E-state index contributed by atoms with van der Waals surface area (Å²) in [4.78, 5) is 17.0. The maximum Gasteiger partial charge on any atom is 0.258 e. The molecule has 1 aromatic heterocycles. The Morgan fingerprint density at radius 2 is 1.70 bits per heavy atom. The highest BCUT2D eigenvalue weighted by molar-refractivity contribution is 5.44. The van der Waals surface area contributed by atoms with Gasteiger partial charge in [-0.05, 0) is 69.4 Å². The van der Waals surface area contributed by atoms with Crippen LogP contribution >= 0.6 is 0 Å². The first-order valence-electron chi connectivity index (χ1n) is 7.77. The van der Waals surface area contributed by atoms with E-state index in [0.717, 1.165) is 5.56 Å². The summed E-state index contributed by atoms with van der Waals surface area (Å²) in [5, 5.41) is 11.9. The first-order valence-corrected chi connectivity index (χ1v) is 7.77. The van der Waals surface area contributed by atoms with Crippen LogP contribution in [-0.2, 0) is 6.54 Å². The number of aryl methyl sites for hydroxylation is 2. The van der Waals surface area contributed by atoms with E-state index >= 15 is 0 Å². The van der Waals surface area contributed by atoms with E-state index in [-0.39, 0.29) is 12.3 Å². The summed E-state index contributed by atoms with van der Waals surface area (Å²) in [7, 11) is 0. The first kappa shape index (κ1) is 17.2. The predicted molar refractivity (Wildman–Crippen MR) is 93.2 cm³/mol.